The Morgan fingerprint density at radius 3 is 2.68 bits per heavy atom. The number of fused-ring (bicyclic) bond motifs is 6. The van der Waals surface area contributed by atoms with Crippen molar-refractivity contribution in [1.82, 2.24) is 5.32 Å². The zero-order valence-corrected chi connectivity index (χ0v) is 11.2. The molecule has 1 N–H and O–H groups in total. The van der Waals surface area contributed by atoms with Gasteiger partial charge in [0.1, 0.15) is 11.9 Å². The van der Waals surface area contributed by atoms with Crippen LogP contribution in [0.2, 0.25) is 0 Å². The maximum Gasteiger partial charge on any atom is 0.123 e. The van der Waals surface area contributed by atoms with E-state index in [9.17, 15) is 0 Å². The predicted octanol–water partition coefficient (Wildman–Crippen LogP) is 2.62. The summed E-state index contributed by atoms with van der Waals surface area (Å²) in [5.74, 6) is 5.29. The molecule has 1 aliphatic heterocycles. The Bertz CT molecular complexity index is 473. The lowest BCUT2D eigenvalue weighted by atomic mass is 10.0. The minimum atomic E-state index is 0.358. The van der Waals surface area contributed by atoms with Crippen molar-refractivity contribution in [3.8, 4) is 5.75 Å². The first kappa shape index (κ1) is 10.7. The van der Waals surface area contributed by atoms with Crippen LogP contribution in [0.15, 0.2) is 24.3 Å². The first-order valence-electron chi connectivity index (χ1n) is 7.88. The molecule has 2 bridgehead atoms. The molecule has 5 unspecified atom stereocenters. The molecule has 1 aromatic carbocycles. The molecule has 4 aliphatic rings. The maximum atomic E-state index is 6.01. The number of nitrogens with one attached hydrogen (secondary N) is 1. The topological polar surface area (TPSA) is 21.3 Å². The lowest BCUT2D eigenvalue weighted by molar-refractivity contribution is 0.223. The molecular weight excluding hydrogens is 234 g/mol. The Kier molecular flexibility index (Phi) is 2.12. The van der Waals surface area contributed by atoms with Crippen LogP contribution in [0.4, 0.5) is 0 Å². The molecule has 0 radical (unpaired) electrons. The molecule has 2 nitrogen and oxygen atoms in total. The van der Waals surface area contributed by atoms with Gasteiger partial charge >= 0.3 is 0 Å². The van der Waals surface area contributed by atoms with Crippen molar-refractivity contribution < 1.29 is 4.74 Å². The third-order valence-corrected chi connectivity index (χ3v) is 6.03. The predicted molar refractivity (Wildman–Crippen MR) is 74.2 cm³/mol. The number of benzene rings is 1. The summed E-state index contributed by atoms with van der Waals surface area (Å²) in [6.07, 6.45) is 6.00. The van der Waals surface area contributed by atoms with Crippen molar-refractivity contribution in [2.75, 3.05) is 6.54 Å². The van der Waals surface area contributed by atoms with Gasteiger partial charge in [-0.3, -0.25) is 0 Å². The lowest BCUT2D eigenvalue weighted by Gasteiger charge is -2.14. The fraction of sp³-hybridized carbons (Fsp3) is 0.647. The molecule has 0 aromatic heterocycles. The number of hydrogen-bond acceptors (Lipinski definition) is 2. The van der Waals surface area contributed by atoms with E-state index < -0.39 is 0 Å². The van der Waals surface area contributed by atoms with Crippen LogP contribution in [0.25, 0.3) is 0 Å². The number of ether oxygens (including phenoxy) is 1. The van der Waals surface area contributed by atoms with Crippen LogP contribution in [-0.4, -0.2) is 18.7 Å². The molecule has 0 spiro atoms. The van der Waals surface area contributed by atoms with Crippen molar-refractivity contribution >= 4 is 0 Å². The molecule has 5 atom stereocenters. The van der Waals surface area contributed by atoms with Gasteiger partial charge < -0.3 is 10.1 Å². The summed E-state index contributed by atoms with van der Waals surface area (Å²) in [5, 5.41) is 3.81. The van der Waals surface area contributed by atoms with Gasteiger partial charge in [0.15, 0.2) is 0 Å². The van der Waals surface area contributed by atoms with Gasteiger partial charge in [-0.05, 0) is 54.6 Å². The van der Waals surface area contributed by atoms with E-state index >= 15 is 0 Å². The molecule has 0 amide bonds. The molecule has 3 saturated carbocycles. The Morgan fingerprint density at radius 2 is 1.89 bits per heavy atom. The van der Waals surface area contributed by atoms with E-state index in [-0.39, 0.29) is 0 Å². The van der Waals surface area contributed by atoms with E-state index in [0.717, 1.165) is 48.4 Å². The highest BCUT2D eigenvalue weighted by Crippen LogP contribution is 2.65. The van der Waals surface area contributed by atoms with Gasteiger partial charge in [0.2, 0.25) is 0 Å². The summed E-state index contributed by atoms with van der Waals surface area (Å²) >= 11 is 0. The van der Waals surface area contributed by atoms with Gasteiger partial charge in [0.25, 0.3) is 0 Å². The second-order valence-corrected chi connectivity index (χ2v) is 6.97. The number of rotatable bonds is 3. The SMILES string of the molecule is c1ccc2c(c1)CC(CNC1C3C4CCC(C4)C13)O2. The fourth-order valence-electron chi connectivity index (χ4n) is 5.23. The van der Waals surface area contributed by atoms with Crippen molar-refractivity contribution in [1.29, 1.82) is 0 Å². The Hall–Kier alpha value is -1.02. The first-order valence-corrected chi connectivity index (χ1v) is 7.88. The number of hydrogen-bond donors (Lipinski definition) is 1. The van der Waals surface area contributed by atoms with Gasteiger partial charge in [0.05, 0.1) is 0 Å². The molecular formula is C17H21NO. The highest BCUT2D eigenvalue weighted by Gasteiger charge is 2.64. The minimum Gasteiger partial charge on any atom is -0.488 e. The third-order valence-electron chi connectivity index (χ3n) is 6.03. The lowest BCUT2D eigenvalue weighted by Crippen LogP contribution is -2.34. The van der Waals surface area contributed by atoms with Gasteiger partial charge in [-0.2, -0.15) is 0 Å². The van der Waals surface area contributed by atoms with E-state index in [2.05, 4.69) is 29.6 Å². The summed E-state index contributed by atoms with van der Waals surface area (Å²) in [6.45, 7) is 1.03. The molecule has 19 heavy (non-hydrogen) atoms. The van der Waals surface area contributed by atoms with E-state index in [4.69, 9.17) is 4.74 Å². The Morgan fingerprint density at radius 1 is 1.11 bits per heavy atom. The molecule has 3 fully saturated rings. The van der Waals surface area contributed by atoms with E-state index in [0.29, 0.717) is 6.10 Å². The quantitative estimate of drug-likeness (QED) is 0.896. The molecule has 0 saturated heterocycles. The molecule has 1 aromatic rings. The van der Waals surface area contributed by atoms with Crippen LogP contribution in [0, 0.1) is 23.7 Å². The van der Waals surface area contributed by atoms with Crippen LogP contribution in [-0.2, 0) is 6.42 Å². The van der Waals surface area contributed by atoms with Crippen LogP contribution in [0.3, 0.4) is 0 Å². The van der Waals surface area contributed by atoms with Gasteiger partial charge in [0, 0.05) is 19.0 Å². The average molecular weight is 255 g/mol. The standard InChI is InChI=1S/C17H21NO/c1-2-4-14-10(3-1)8-13(19-14)9-18-17-15-11-5-6-12(7-11)16(15)17/h1-4,11-13,15-18H,5-9H2. The van der Waals surface area contributed by atoms with Gasteiger partial charge in [-0.15, -0.1) is 0 Å². The monoisotopic (exact) mass is 255 g/mol. The fourth-order valence-corrected chi connectivity index (χ4v) is 5.23. The van der Waals surface area contributed by atoms with Crippen molar-refractivity contribution in [3.63, 3.8) is 0 Å². The van der Waals surface area contributed by atoms with Crippen molar-refractivity contribution in [2.45, 2.75) is 37.8 Å². The van der Waals surface area contributed by atoms with Crippen molar-refractivity contribution in [3.05, 3.63) is 29.8 Å². The van der Waals surface area contributed by atoms with E-state index in [1.54, 1.807) is 6.42 Å². The second-order valence-electron chi connectivity index (χ2n) is 6.97. The molecule has 5 rings (SSSR count). The summed E-state index contributed by atoms with van der Waals surface area (Å²) in [6, 6.07) is 9.31. The smallest absolute Gasteiger partial charge is 0.123 e. The van der Waals surface area contributed by atoms with E-state index in [1.165, 1.54) is 18.4 Å². The van der Waals surface area contributed by atoms with Crippen LogP contribution in [0.1, 0.15) is 24.8 Å². The zero-order chi connectivity index (χ0) is 12.4. The van der Waals surface area contributed by atoms with Crippen LogP contribution in [0.5, 0.6) is 5.75 Å². The van der Waals surface area contributed by atoms with Crippen molar-refractivity contribution in [2.24, 2.45) is 23.7 Å². The summed E-state index contributed by atoms with van der Waals surface area (Å²) < 4.78 is 6.01. The zero-order valence-electron chi connectivity index (χ0n) is 11.2. The summed E-state index contributed by atoms with van der Waals surface area (Å²) in [4.78, 5) is 0. The largest absolute Gasteiger partial charge is 0.488 e. The molecule has 3 aliphatic carbocycles. The summed E-state index contributed by atoms with van der Waals surface area (Å²) in [7, 11) is 0. The van der Waals surface area contributed by atoms with Crippen LogP contribution >= 0.6 is 0 Å². The second kappa shape index (κ2) is 3.76. The number of para-hydroxylation sites is 1. The van der Waals surface area contributed by atoms with Gasteiger partial charge in [-0.25, -0.2) is 0 Å². The molecule has 1 heterocycles. The maximum absolute atomic E-state index is 6.01. The molecule has 2 heteroatoms. The first-order chi connectivity index (χ1) is 9.40. The Labute approximate surface area is 114 Å². The minimum absolute atomic E-state index is 0.358. The molecule has 100 valence electrons. The van der Waals surface area contributed by atoms with Gasteiger partial charge in [-0.1, -0.05) is 18.2 Å². The average Bonchev–Trinajstić information content (AvgIpc) is 2.84. The third kappa shape index (κ3) is 1.53. The normalized spacial score (nSPS) is 44.8. The Balaban J connectivity index is 1.19. The van der Waals surface area contributed by atoms with Crippen LogP contribution < -0.4 is 10.1 Å². The van der Waals surface area contributed by atoms with E-state index in [1.807, 2.05) is 0 Å². The highest BCUT2D eigenvalue weighted by atomic mass is 16.5. The highest BCUT2D eigenvalue weighted by molar-refractivity contribution is 5.37. The summed E-state index contributed by atoms with van der Waals surface area (Å²) in [5.41, 5.74) is 1.38.